The molecule has 2 aromatic rings. The molecule has 0 aliphatic rings. The van der Waals surface area contributed by atoms with Crippen LogP contribution < -0.4 is 0 Å². The molecule has 0 aliphatic carbocycles. The minimum absolute atomic E-state index is 0.0575. The van der Waals surface area contributed by atoms with Gasteiger partial charge in [-0.05, 0) is 11.1 Å². The monoisotopic (exact) mass is 280 g/mol. The summed E-state index contributed by atoms with van der Waals surface area (Å²) in [5.74, 6) is 0.0575. The SMILES string of the molecule is [C-]#[N+]c1ccc(C(C[PH2]=O)c2ccc([N+]#[C-])cc2)cc1. The quantitative estimate of drug-likeness (QED) is 0.590. The second-order valence-corrected chi connectivity index (χ2v) is 5.17. The Morgan fingerprint density at radius 2 is 1.25 bits per heavy atom. The van der Waals surface area contributed by atoms with Crippen molar-refractivity contribution in [3.8, 4) is 0 Å². The Kier molecular flexibility index (Phi) is 4.72. The molecule has 1 atom stereocenters. The lowest BCUT2D eigenvalue weighted by molar-refractivity contribution is 0.596. The smallest absolute Gasteiger partial charge is 0.187 e. The lowest BCUT2D eigenvalue weighted by Crippen LogP contribution is -2.02. The molecular formula is C16H13N2OP. The summed E-state index contributed by atoms with van der Waals surface area (Å²) in [6.07, 6.45) is 0.592. The van der Waals surface area contributed by atoms with Crippen molar-refractivity contribution in [3.05, 3.63) is 82.5 Å². The van der Waals surface area contributed by atoms with E-state index >= 15 is 0 Å². The second kappa shape index (κ2) is 6.71. The van der Waals surface area contributed by atoms with Crippen molar-refractivity contribution in [3.63, 3.8) is 0 Å². The van der Waals surface area contributed by atoms with Gasteiger partial charge in [0.05, 0.1) is 21.6 Å². The van der Waals surface area contributed by atoms with Crippen molar-refractivity contribution in [2.75, 3.05) is 6.16 Å². The van der Waals surface area contributed by atoms with E-state index in [9.17, 15) is 4.57 Å². The minimum Gasteiger partial charge on any atom is -0.330 e. The standard InChI is InChI=1S/C16H13N2OP/c1-17-14-7-3-12(4-8-14)16(11-20-19)13-5-9-15(18-2)10-6-13/h3-10,16H,11,20H2. The van der Waals surface area contributed by atoms with Gasteiger partial charge >= 0.3 is 0 Å². The van der Waals surface area contributed by atoms with Gasteiger partial charge in [-0.2, -0.15) is 0 Å². The zero-order valence-corrected chi connectivity index (χ0v) is 11.9. The Balaban J connectivity index is 2.36. The normalized spacial score (nSPS) is 10.6. The summed E-state index contributed by atoms with van der Waals surface area (Å²) in [5, 5.41) is 0. The summed E-state index contributed by atoms with van der Waals surface area (Å²) in [6, 6.07) is 14.8. The van der Waals surface area contributed by atoms with Crippen LogP contribution >= 0.6 is 8.46 Å². The van der Waals surface area contributed by atoms with Crippen LogP contribution in [0.3, 0.4) is 0 Å². The molecule has 0 saturated heterocycles. The summed E-state index contributed by atoms with van der Waals surface area (Å²) in [4.78, 5) is 6.75. The van der Waals surface area contributed by atoms with Crippen LogP contribution in [0.5, 0.6) is 0 Å². The van der Waals surface area contributed by atoms with E-state index < -0.39 is 8.46 Å². The van der Waals surface area contributed by atoms with Crippen molar-refractivity contribution < 1.29 is 4.57 Å². The van der Waals surface area contributed by atoms with Crippen LogP contribution in [0.25, 0.3) is 9.69 Å². The molecular weight excluding hydrogens is 267 g/mol. The number of hydrogen-bond donors (Lipinski definition) is 0. The zero-order chi connectivity index (χ0) is 14.4. The lowest BCUT2D eigenvalue weighted by Gasteiger charge is -2.16. The van der Waals surface area contributed by atoms with E-state index in [1.807, 2.05) is 24.3 Å². The third kappa shape index (κ3) is 3.15. The van der Waals surface area contributed by atoms with Gasteiger partial charge in [0.15, 0.2) is 11.4 Å². The molecule has 0 aromatic heterocycles. The Bertz CT molecular complexity index is 621. The number of hydrogen-bond acceptors (Lipinski definition) is 1. The van der Waals surface area contributed by atoms with Crippen LogP contribution in [-0.2, 0) is 4.57 Å². The molecule has 0 aliphatic heterocycles. The molecule has 0 heterocycles. The Morgan fingerprint density at radius 3 is 1.55 bits per heavy atom. The molecule has 0 amide bonds. The first-order valence-electron chi connectivity index (χ1n) is 6.17. The number of rotatable bonds is 4. The summed E-state index contributed by atoms with van der Waals surface area (Å²) in [6.45, 7) is 13.9. The van der Waals surface area contributed by atoms with E-state index in [1.165, 1.54) is 0 Å². The highest BCUT2D eigenvalue weighted by molar-refractivity contribution is 7.23. The minimum atomic E-state index is -0.854. The van der Waals surface area contributed by atoms with Crippen LogP contribution in [0, 0.1) is 13.1 Å². The molecule has 0 fully saturated rings. The van der Waals surface area contributed by atoms with Gasteiger partial charge in [-0.25, -0.2) is 9.69 Å². The van der Waals surface area contributed by atoms with Crippen LogP contribution in [0.1, 0.15) is 17.0 Å². The van der Waals surface area contributed by atoms with E-state index in [0.717, 1.165) is 11.1 Å². The topological polar surface area (TPSA) is 25.8 Å². The van der Waals surface area contributed by atoms with Crippen LogP contribution in [0.15, 0.2) is 48.5 Å². The van der Waals surface area contributed by atoms with Crippen LogP contribution in [0.4, 0.5) is 11.4 Å². The average molecular weight is 280 g/mol. The third-order valence-electron chi connectivity index (χ3n) is 3.18. The van der Waals surface area contributed by atoms with Gasteiger partial charge in [-0.1, -0.05) is 48.5 Å². The first-order valence-corrected chi connectivity index (χ1v) is 7.45. The van der Waals surface area contributed by atoms with Crippen molar-refractivity contribution in [1.82, 2.24) is 0 Å². The van der Waals surface area contributed by atoms with Gasteiger partial charge in [0.2, 0.25) is 0 Å². The van der Waals surface area contributed by atoms with Crippen LogP contribution in [-0.4, -0.2) is 6.16 Å². The Labute approximate surface area is 119 Å². The Morgan fingerprint density at radius 1 is 0.850 bits per heavy atom. The van der Waals surface area contributed by atoms with E-state index in [0.29, 0.717) is 17.5 Å². The van der Waals surface area contributed by atoms with E-state index in [1.54, 1.807) is 24.3 Å². The van der Waals surface area contributed by atoms with E-state index in [-0.39, 0.29) is 5.92 Å². The van der Waals surface area contributed by atoms with Gasteiger partial charge in [-0.15, -0.1) is 0 Å². The Hall–Kier alpha value is -2.35. The molecule has 0 saturated carbocycles. The second-order valence-electron chi connectivity index (χ2n) is 4.36. The number of benzene rings is 2. The van der Waals surface area contributed by atoms with E-state index in [4.69, 9.17) is 13.1 Å². The van der Waals surface area contributed by atoms with Crippen LogP contribution in [0.2, 0.25) is 0 Å². The molecule has 4 heteroatoms. The van der Waals surface area contributed by atoms with Gasteiger partial charge in [-0.3, -0.25) is 0 Å². The maximum absolute atomic E-state index is 11.1. The predicted molar refractivity (Wildman–Crippen MR) is 82.5 cm³/mol. The highest BCUT2D eigenvalue weighted by Gasteiger charge is 2.13. The molecule has 20 heavy (non-hydrogen) atoms. The fourth-order valence-electron chi connectivity index (χ4n) is 2.12. The largest absolute Gasteiger partial charge is 0.330 e. The molecule has 3 nitrogen and oxygen atoms in total. The molecule has 2 rings (SSSR count). The first kappa shape index (κ1) is 14.1. The molecule has 1 unspecified atom stereocenters. The zero-order valence-electron chi connectivity index (χ0n) is 10.8. The summed E-state index contributed by atoms with van der Waals surface area (Å²) in [7, 11) is -0.854. The molecule has 2 aromatic carbocycles. The van der Waals surface area contributed by atoms with Gasteiger partial charge in [0, 0.05) is 12.1 Å². The maximum Gasteiger partial charge on any atom is 0.187 e. The van der Waals surface area contributed by atoms with Crippen molar-refractivity contribution in [2.45, 2.75) is 5.92 Å². The van der Waals surface area contributed by atoms with Crippen molar-refractivity contribution >= 4 is 19.8 Å². The summed E-state index contributed by atoms with van der Waals surface area (Å²) < 4.78 is 11.1. The van der Waals surface area contributed by atoms with Gasteiger partial charge in [0.1, 0.15) is 0 Å². The molecule has 98 valence electrons. The molecule has 0 radical (unpaired) electrons. The lowest BCUT2D eigenvalue weighted by atomic mass is 9.93. The van der Waals surface area contributed by atoms with Gasteiger partial charge < -0.3 is 4.57 Å². The fraction of sp³-hybridized carbons (Fsp3) is 0.125. The van der Waals surface area contributed by atoms with Gasteiger partial charge in [0.25, 0.3) is 0 Å². The highest BCUT2D eigenvalue weighted by atomic mass is 31.1. The third-order valence-corrected chi connectivity index (χ3v) is 3.84. The molecule has 0 N–H and O–H groups in total. The van der Waals surface area contributed by atoms with Crippen molar-refractivity contribution in [1.29, 1.82) is 0 Å². The summed E-state index contributed by atoms with van der Waals surface area (Å²) in [5.41, 5.74) is 3.31. The van der Waals surface area contributed by atoms with E-state index in [2.05, 4.69) is 9.69 Å². The molecule has 0 spiro atoms. The predicted octanol–water partition coefficient (Wildman–Crippen LogP) is 4.68. The first-order chi connectivity index (χ1) is 9.78. The van der Waals surface area contributed by atoms with Crippen molar-refractivity contribution in [2.24, 2.45) is 0 Å². The number of nitrogens with zero attached hydrogens (tertiary/aromatic N) is 2. The highest BCUT2D eigenvalue weighted by Crippen LogP contribution is 2.30. The summed E-state index contributed by atoms with van der Waals surface area (Å²) >= 11 is 0. The maximum atomic E-state index is 11.1. The fourth-order valence-corrected chi connectivity index (χ4v) is 2.86. The molecule has 0 bridgehead atoms. The average Bonchev–Trinajstić information content (AvgIpc) is 2.53.